The third-order valence-electron chi connectivity index (χ3n) is 3.75. The lowest BCUT2D eigenvalue weighted by Gasteiger charge is -2.23. The highest BCUT2D eigenvalue weighted by Crippen LogP contribution is 2.28. The molecule has 2 heterocycles. The molecule has 0 amide bonds. The summed E-state index contributed by atoms with van der Waals surface area (Å²) in [4.78, 5) is 6.40. The fourth-order valence-electron chi connectivity index (χ4n) is 2.69. The number of halogens is 1. The van der Waals surface area contributed by atoms with Crippen molar-refractivity contribution in [3.63, 3.8) is 0 Å². The summed E-state index contributed by atoms with van der Waals surface area (Å²) in [5.74, 6) is 1.49. The van der Waals surface area contributed by atoms with Crippen molar-refractivity contribution in [3.05, 3.63) is 30.3 Å². The van der Waals surface area contributed by atoms with Gasteiger partial charge in [0.05, 0.1) is 31.8 Å². The van der Waals surface area contributed by atoms with Gasteiger partial charge in [-0.05, 0) is 30.3 Å². The Kier molecular flexibility index (Phi) is 3.44. The maximum Gasteiger partial charge on any atom is 0.129 e. The van der Waals surface area contributed by atoms with E-state index in [2.05, 4.69) is 4.98 Å². The van der Waals surface area contributed by atoms with Crippen LogP contribution in [0.25, 0.3) is 10.9 Å². The average Bonchev–Trinajstić information content (AvgIpc) is 2.87. The number of hydrogen-bond donors (Lipinski definition) is 1. The van der Waals surface area contributed by atoms with E-state index in [1.165, 1.54) is 0 Å². The van der Waals surface area contributed by atoms with Gasteiger partial charge in [-0.3, -0.25) is 0 Å². The normalized spacial score (nSPS) is 22.4. The minimum Gasteiger partial charge on any atom is -0.497 e. The summed E-state index contributed by atoms with van der Waals surface area (Å²) < 4.78 is 18.7. The fourth-order valence-corrected chi connectivity index (χ4v) is 2.69. The van der Waals surface area contributed by atoms with Gasteiger partial charge in [0.25, 0.3) is 0 Å². The smallest absolute Gasteiger partial charge is 0.129 e. The first-order chi connectivity index (χ1) is 9.71. The van der Waals surface area contributed by atoms with E-state index in [0.29, 0.717) is 18.8 Å². The Hall–Kier alpha value is -1.88. The predicted octanol–water partition coefficient (Wildman–Crippen LogP) is 2.15. The molecule has 106 valence electrons. The second-order valence-corrected chi connectivity index (χ2v) is 5.05. The van der Waals surface area contributed by atoms with Gasteiger partial charge in [-0.2, -0.15) is 0 Å². The van der Waals surface area contributed by atoms with E-state index in [0.717, 1.165) is 16.7 Å². The van der Waals surface area contributed by atoms with Gasteiger partial charge in [-0.1, -0.05) is 0 Å². The van der Waals surface area contributed by atoms with Gasteiger partial charge in [0.1, 0.15) is 17.7 Å². The number of rotatable bonds is 3. The summed E-state index contributed by atoms with van der Waals surface area (Å²) in [6, 6.07) is 9.27. The van der Waals surface area contributed by atoms with Crippen LogP contribution in [0.4, 0.5) is 10.2 Å². The van der Waals surface area contributed by atoms with Crippen LogP contribution in [0.3, 0.4) is 0 Å². The van der Waals surface area contributed by atoms with Crippen LogP contribution in [-0.4, -0.2) is 42.6 Å². The number of aromatic nitrogens is 1. The number of pyridine rings is 1. The molecule has 1 saturated heterocycles. The molecule has 0 radical (unpaired) electrons. The molecule has 1 N–H and O–H groups in total. The van der Waals surface area contributed by atoms with Gasteiger partial charge in [0, 0.05) is 11.8 Å². The molecule has 2 atom stereocenters. The monoisotopic (exact) mass is 276 g/mol. The molecule has 2 aromatic rings. The molecule has 1 aromatic heterocycles. The molecule has 1 fully saturated rings. The number of fused-ring (bicyclic) bond motifs is 1. The third kappa shape index (κ3) is 2.29. The molecule has 0 spiro atoms. The van der Waals surface area contributed by atoms with Gasteiger partial charge in [-0.15, -0.1) is 0 Å². The van der Waals surface area contributed by atoms with Crippen molar-refractivity contribution in [1.82, 2.24) is 4.98 Å². The van der Waals surface area contributed by atoms with E-state index >= 15 is 0 Å². The Balaban J connectivity index is 1.96. The van der Waals surface area contributed by atoms with Crippen LogP contribution in [-0.2, 0) is 0 Å². The molecular formula is C15H17FN2O2. The Morgan fingerprint density at radius 2 is 2.25 bits per heavy atom. The van der Waals surface area contributed by atoms with Gasteiger partial charge in [-0.25, -0.2) is 9.37 Å². The van der Waals surface area contributed by atoms with Gasteiger partial charge in [0.15, 0.2) is 0 Å². The number of anilines is 1. The molecule has 1 aromatic carbocycles. The second-order valence-electron chi connectivity index (χ2n) is 5.05. The Labute approximate surface area is 116 Å². The number of alkyl halides is 1. The maximum absolute atomic E-state index is 13.5. The summed E-state index contributed by atoms with van der Waals surface area (Å²) in [6.45, 7) is 0.239. The number of aliphatic hydroxyl groups is 1. The number of methoxy groups -OCH3 is 1. The minimum atomic E-state index is -0.902. The van der Waals surface area contributed by atoms with Crippen molar-refractivity contribution in [3.8, 4) is 5.75 Å². The van der Waals surface area contributed by atoms with Crippen molar-refractivity contribution in [2.45, 2.75) is 18.6 Å². The van der Waals surface area contributed by atoms with Crippen molar-refractivity contribution in [2.24, 2.45) is 0 Å². The number of benzene rings is 1. The predicted molar refractivity (Wildman–Crippen MR) is 76.0 cm³/mol. The van der Waals surface area contributed by atoms with Gasteiger partial charge < -0.3 is 14.7 Å². The summed E-state index contributed by atoms with van der Waals surface area (Å²) in [5.41, 5.74) is 0.835. The van der Waals surface area contributed by atoms with Crippen molar-refractivity contribution < 1.29 is 14.2 Å². The SMILES string of the molecule is COc1ccc2nc(N3C[C@@H](F)C[C@H]3CO)ccc2c1. The lowest BCUT2D eigenvalue weighted by molar-refractivity contribution is 0.255. The van der Waals surface area contributed by atoms with Crippen molar-refractivity contribution in [1.29, 1.82) is 0 Å². The maximum atomic E-state index is 13.5. The molecule has 20 heavy (non-hydrogen) atoms. The standard InChI is InChI=1S/C15H17FN2O2/c1-20-13-3-4-14-10(6-13)2-5-15(17-14)18-8-11(16)7-12(18)9-19/h2-6,11-12,19H,7-9H2,1H3/t11-,12-/m0/s1. The Bertz CT molecular complexity index is 620. The number of aliphatic hydroxyl groups excluding tert-OH is 1. The molecule has 0 bridgehead atoms. The van der Waals surface area contributed by atoms with Crippen LogP contribution >= 0.6 is 0 Å². The number of hydrogen-bond acceptors (Lipinski definition) is 4. The van der Waals surface area contributed by atoms with Crippen LogP contribution in [0.15, 0.2) is 30.3 Å². The van der Waals surface area contributed by atoms with E-state index in [1.54, 1.807) is 7.11 Å². The van der Waals surface area contributed by atoms with Gasteiger partial charge >= 0.3 is 0 Å². The van der Waals surface area contributed by atoms with Crippen LogP contribution in [0, 0.1) is 0 Å². The van der Waals surface area contributed by atoms with E-state index in [-0.39, 0.29) is 12.6 Å². The largest absolute Gasteiger partial charge is 0.497 e. The first kappa shape index (κ1) is 13.1. The zero-order chi connectivity index (χ0) is 14.1. The molecule has 1 aliphatic heterocycles. The van der Waals surface area contributed by atoms with E-state index in [9.17, 15) is 9.50 Å². The number of ether oxygens (including phenoxy) is 1. The highest BCUT2D eigenvalue weighted by atomic mass is 19.1. The Morgan fingerprint density at radius 1 is 1.40 bits per heavy atom. The zero-order valence-electron chi connectivity index (χ0n) is 11.3. The van der Waals surface area contributed by atoms with Crippen LogP contribution in [0.2, 0.25) is 0 Å². The third-order valence-corrected chi connectivity index (χ3v) is 3.75. The van der Waals surface area contributed by atoms with Crippen LogP contribution in [0.1, 0.15) is 6.42 Å². The molecule has 4 nitrogen and oxygen atoms in total. The lowest BCUT2D eigenvalue weighted by Crippen LogP contribution is -2.32. The number of nitrogens with zero attached hydrogens (tertiary/aromatic N) is 2. The summed E-state index contributed by atoms with van der Waals surface area (Å²) in [5, 5.41) is 10.3. The van der Waals surface area contributed by atoms with Gasteiger partial charge in [0.2, 0.25) is 0 Å². The van der Waals surface area contributed by atoms with Crippen molar-refractivity contribution in [2.75, 3.05) is 25.2 Å². The first-order valence-electron chi connectivity index (χ1n) is 6.67. The molecule has 0 unspecified atom stereocenters. The van der Waals surface area contributed by atoms with Crippen LogP contribution < -0.4 is 9.64 Å². The summed E-state index contributed by atoms with van der Waals surface area (Å²) >= 11 is 0. The minimum absolute atomic E-state index is 0.0528. The molecule has 1 aliphatic rings. The first-order valence-corrected chi connectivity index (χ1v) is 6.67. The summed E-state index contributed by atoms with van der Waals surface area (Å²) in [6.07, 6.45) is -0.542. The highest BCUT2D eigenvalue weighted by molar-refractivity contribution is 5.82. The summed E-state index contributed by atoms with van der Waals surface area (Å²) in [7, 11) is 1.63. The van der Waals surface area contributed by atoms with E-state index < -0.39 is 6.17 Å². The molecule has 3 rings (SSSR count). The highest BCUT2D eigenvalue weighted by Gasteiger charge is 2.32. The second kappa shape index (κ2) is 5.25. The molecular weight excluding hydrogens is 259 g/mol. The van der Waals surface area contributed by atoms with E-state index in [4.69, 9.17) is 4.74 Å². The fraction of sp³-hybridized carbons (Fsp3) is 0.400. The van der Waals surface area contributed by atoms with Crippen LogP contribution in [0.5, 0.6) is 5.75 Å². The van der Waals surface area contributed by atoms with E-state index in [1.807, 2.05) is 35.2 Å². The zero-order valence-corrected chi connectivity index (χ0v) is 11.3. The topological polar surface area (TPSA) is 45.6 Å². The molecule has 0 saturated carbocycles. The Morgan fingerprint density at radius 3 is 3.00 bits per heavy atom. The average molecular weight is 276 g/mol. The van der Waals surface area contributed by atoms with Crippen molar-refractivity contribution >= 4 is 16.7 Å². The lowest BCUT2D eigenvalue weighted by atomic mass is 10.2. The molecule has 5 heteroatoms. The quantitative estimate of drug-likeness (QED) is 0.933. The molecule has 0 aliphatic carbocycles.